The molecular formula is C19H31FN4O2. The molecule has 7 heteroatoms. The number of nitrogens with one attached hydrogen (secondary N) is 3. The van der Waals surface area contributed by atoms with Crippen molar-refractivity contribution in [3.8, 4) is 5.75 Å². The van der Waals surface area contributed by atoms with Crippen molar-refractivity contribution in [2.75, 3.05) is 26.2 Å². The minimum Gasteiger partial charge on any atom is -0.488 e. The van der Waals surface area contributed by atoms with E-state index in [1.54, 1.807) is 12.1 Å². The van der Waals surface area contributed by atoms with Crippen LogP contribution in [0.15, 0.2) is 29.3 Å². The molecule has 0 saturated heterocycles. The molecule has 1 rings (SSSR count). The first kappa shape index (κ1) is 21.7. The molecule has 0 aliphatic rings. The van der Waals surface area contributed by atoms with E-state index in [-0.39, 0.29) is 17.8 Å². The summed E-state index contributed by atoms with van der Waals surface area (Å²) in [7, 11) is 0. The molecule has 146 valence electrons. The molecule has 1 atom stereocenters. The van der Waals surface area contributed by atoms with Crippen LogP contribution < -0.4 is 20.7 Å². The normalized spacial score (nSPS) is 12.4. The summed E-state index contributed by atoms with van der Waals surface area (Å²) < 4.78 is 19.1. The molecule has 1 amide bonds. The molecule has 26 heavy (non-hydrogen) atoms. The highest BCUT2D eigenvalue weighted by Crippen LogP contribution is 2.15. The third-order valence-electron chi connectivity index (χ3n) is 3.57. The SMILES string of the molecule is CCCNC(=O)CCNC(=NCC(CC)Oc1cccc(F)c1)NCC. The monoisotopic (exact) mass is 366 g/mol. The first-order valence-corrected chi connectivity index (χ1v) is 9.30. The molecule has 0 bridgehead atoms. The number of hydrogen-bond acceptors (Lipinski definition) is 3. The number of halogens is 1. The summed E-state index contributed by atoms with van der Waals surface area (Å²) in [6.45, 7) is 8.35. The van der Waals surface area contributed by atoms with Crippen molar-refractivity contribution in [3.05, 3.63) is 30.1 Å². The summed E-state index contributed by atoms with van der Waals surface area (Å²) in [4.78, 5) is 16.1. The van der Waals surface area contributed by atoms with Crippen LogP contribution in [-0.2, 0) is 4.79 Å². The summed E-state index contributed by atoms with van der Waals surface area (Å²) in [6, 6.07) is 6.10. The number of hydrogen-bond donors (Lipinski definition) is 3. The van der Waals surface area contributed by atoms with Gasteiger partial charge in [0.1, 0.15) is 17.7 Å². The van der Waals surface area contributed by atoms with E-state index in [1.807, 2.05) is 20.8 Å². The van der Waals surface area contributed by atoms with Gasteiger partial charge < -0.3 is 20.7 Å². The number of nitrogens with zero attached hydrogens (tertiary/aromatic N) is 1. The van der Waals surface area contributed by atoms with Gasteiger partial charge in [-0.1, -0.05) is 19.9 Å². The van der Waals surface area contributed by atoms with E-state index >= 15 is 0 Å². The molecule has 0 aliphatic carbocycles. The number of benzene rings is 1. The van der Waals surface area contributed by atoms with Gasteiger partial charge in [0.15, 0.2) is 5.96 Å². The van der Waals surface area contributed by atoms with Gasteiger partial charge >= 0.3 is 0 Å². The lowest BCUT2D eigenvalue weighted by atomic mass is 10.2. The fourth-order valence-corrected chi connectivity index (χ4v) is 2.16. The molecule has 1 aromatic rings. The Morgan fingerprint density at radius 3 is 2.65 bits per heavy atom. The minimum absolute atomic E-state index is 0.0241. The highest BCUT2D eigenvalue weighted by Gasteiger charge is 2.09. The zero-order chi connectivity index (χ0) is 19.2. The molecule has 0 aromatic heterocycles. The summed E-state index contributed by atoms with van der Waals surface area (Å²) in [6.07, 6.45) is 1.91. The third-order valence-corrected chi connectivity index (χ3v) is 3.57. The third kappa shape index (κ3) is 9.25. The van der Waals surface area contributed by atoms with Crippen molar-refractivity contribution in [1.29, 1.82) is 0 Å². The molecule has 0 aliphatic heterocycles. The van der Waals surface area contributed by atoms with E-state index in [9.17, 15) is 9.18 Å². The topological polar surface area (TPSA) is 74.8 Å². The highest BCUT2D eigenvalue weighted by molar-refractivity contribution is 5.81. The first-order valence-electron chi connectivity index (χ1n) is 9.30. The summed E-state index contributed by atoms with van der Waals surface area (Å²) in [5.74, 6) is 0.836. The van der Waals surface area contributed by atoms with Crippen molar-refractivity contribution >= 4 is 11.9 Å². The van der Waals surface area contributed by atoms with Gasteiger partial charge in [0.25, 0.3) is 0 Å². The Labute approximate surface area is 155 Å². The van der Waals surface area contributed by atoms with Crippen LogP contribution in [-0.4, -0.2) is 44.1 Å². The smallest absolute Gasteiger partial charge is 0.221 e. The zero-order valence-corrected chi connectivity index (χ0v) is 16.0. The molecule has 1 aromatic carbocycles. The number of guanidine groups is 1. The van der Waals surface area contributed by atoms with Crippen molar-refractivity contribution in [2.24, 2.45) is 4.99 Å². The largest absolute Gasteiger partial charge is 0.488 e. The van der Waals surface area contributed by atoms with Gasteiger partial charge in [-0.05, 0) is 31.9 Å². The molecule has 0 spiro atoms. The molecular weight excluding hydrogens is 335 g/mol. The molecule has 6 nitrogen and oxygen atoms in total. The van der Waals surface area contributed by atoms with Crippen LogP contribution in [0.2, 0.25) is 0 Å². The first-order chi connectivity index (χ1) is 12.6. The number of amides is 1. The maximum atomic E-state index is 13.3. The maximum absolute atomic E-state index is 13.3. The quantitative estimate of drug-likeness (QED) is 0.415. The second-order valence-electron chi connectivity index (χ2n) is 5.85. The molecule has 1 unspecified atom stereocenters. The fraction of sp³-hybridized carbons (Fsp3) is 0.579. The summed E-state index contributed by atoms with van der Waals surface area (Å²) in [5.41, 5.74) is 0. The van der Waals surface area contributed by atoms with Crippen molar-refractivity contribution in [1.82, 2.24) is 16.0 Å². The number of carbonyl (C=O) groups is 1. The average molecular weight is 366 g/mol. The van der Waals surface area contributed by atoms with Crippen molar-refractivity contribution < 1.29 is 13.9 Å². The van der Waals surface area contributed by atoms with Gasteiger partial charge in [0, 0.05) is 32.1 Å². The lowest BCUT2D eigenvalue weighted by Gasteiger charge is -2.17. The second kappa shape index (κ2) is 13.0. The maximum Gasteiger partial charge on any atom is 0.221 e. The van der Waals surface area contributed by atoms with Gasteiger partial charge in [-0.15, -0.1) is 0 Å². The van der Waals surface area contributed by atoms with Gasteiger partial charge in [0.05, 0.1) is 6.54 Å². The predicted molar refractivity (Wildman–Crippen MR) is 103 cm³/mol. The van der Waals surface area contributed by atoms with Gasteiger partial charge in [-0.2, -0.15) is 0 Å². The highest BCUT2D eigenvalue weighted by atomic mass is 19.1. The number of carbonyl (C=O) groups excluding carboxylic acids is 1. The molecule has 0 heterocycles. The lowest BCUT2D eigenvalue weighted by Crippen LogP contribution is -2.40. The average Bonchev–Trinajstić information content (AvgIpc) is 2.63. The van der Waals surface area contributed by atoms with E-state index in [2.05, 4.69) is 20.9 Å². The lowest BCUT2D eigenvalue weighted by molar-refractivity contribution is -0.120. The molecule has 0 saturated carbocycles. The van der Waals surface area contributed by atoms with Crippen LogP contribution in [0.3, 0.4) is 0 Å². The Morgan fingerprint density at radius 1 is 1.19 bits per heavy atom. The fourth-order valence-electron chi connectivity index (χ4n) is 2.16. The van der Waals surface area contributed by atoms with E-state index in [0.717, 1.165) is 19.4 Å². The van der Waals surface area contributed by atoms with E-state index in [0.29, 0.717) is 37.8 Å². The minimum atomic E-state index is -0.322. The Hall–Kier alpha value is -2.31. The van der Waals surface area contributed by atoms with E-state index in [1.165, 1.54) is 12.1 Å². The number of aliphatic imine (C=N–C) groups is 1. The Balaban J connectivity index is 2.50. The number of rotatable bonds is 11. The standard InChI is InChI=1S/C19H31FN4O2/c1-4-11-22-18(25)10-12-23-19(21-6-3)24-14-16(5-2)26-17-9-7-8-15(20)13-17/h7-9,13,16H,4-6,10-12,14H2,1-3H3,(H,22,25)(H2,21,23,24). The Morgan fingerprint density at radius 2 is 2.00 bits per heavy atom. The van der Waals surface area contributed by atoms with Gasteiger partial charge in [-0.25, -0.2) is 9.38 Å². The second-order valence-corrected chi connectivity index (χ2v) is 5.85. The summed E-state index contributed by atoms with van der Waals surface area (Å²) >= 11 is 0. The summed E-state index contributed by atoms with van der Waals surface area (Å²) in [5, 5.41) is 9.13. The van der Waals surface area contributed by atoms with E-state index < -0.39 is 0 Å². The van der Waals surface area contributed by atoms with E-state index in [4.69, 9.17) is 4.74 Å². The molecule has 3 N–H and O–H groups in total. The van der Waals surface area contributed by atoms with Crippen molar-refractivity contribution in [2.45, 2.75) is 46.1 Å². The Kier molecular flexibility index (Phi) is 10.8. The molecule has 0 radical (unpaired) electrons. The van der Waals surface area contributed by atoms with Crippen molar-refractivity contribution in [3.63, 3.8) is 0 Å². The van der Waals surface area contributed by atoms with Gasteiger partial charge in [0.2, 0.25) is 5.91 Å². The molecule has 0 fully saturated rings. The zero-order valence-electron chi connectivity index (χ0n) is 16.0. The van der Waals surface area contributed by atoms with Crippen LogP contribution >= 0.6 is 0 Å². The van der Waals surface area contributed by atoms with Crippen LogP contribution in [0, 0.1) is 5.82 Å². The predicted octanol–water partition coefficient (Wildman–Crippen LogP) is 2.45. The number of ether oxygens (including phenoxy) is 1. The van der Waals surface area contributed by atoms with Gasteiger partial charge in [-0.3, -0.25) is 4.79 Å². The van der Waals surface area contributed by atoms with Crippen LogP contribution in [0.1, 0.15) is 40.0 Å². The van der Waals surface area contributed by atoms with Crippen LogP contribution in [0.4, 0.5) is 4.39 Å². The van der Waals surface area contributed by atoms with Crippen LogP contribution in [0.5, 0.6) is 5.75 Å². The Bertz CT molecular complexity index is 566. The van der Waals surface area contributed by atoms with Crippen LogP contribution in [0.25, 0.3) is 0 Å².